The second-order valence-corrected chi connectivity index (χ2v) is 4.34. The zero-order valence-corrected chi connectivity index (χ0v) is 11.4. The fourth-order valence-corrected chi connectivity index (χ4v) is 1.65. The summed E-state index contributed by atoms with van der Waals surface area (Å²) in [5.41, 5.74) is 1.28. The molecule has 0 unspecified atom stereocenters. The third kappa shape index (κ3) is 4.04. The number of benzene rings is 1. The predicted molar refractivity (Wildman–Crippen MR) is 76.5 cm³/mol. The molecule has 2 rings (SSSR count). The van der Waals surface area contributed by atoms with E-state index in [1.165, 1.54) is 18.3 Å². The predicted octanol–water partition coefficient (Wildman–Crippen LogP) is 2.11. The molecule has 2 aromatic rings. The maximum Gasteiger partial charge on any atom is 0.354 e. The van der Waals surface area contributed by atoms with Gasteiger partial charge in [0.15, 0.2) is 6.61 Å². The van der Waals surface area contributed by atoms with Crippen LogP contribution in [0.4, 0.5) is 5.69 Å². The molecule has 108 valence electrons. The van der Waals surface area contributed by atoms with E-state index in [0.717, 1.165) is 5.56 Å². The van der Waals surface area contributed by atoms with Crippen molar-refractivity contribution in [2.24, 2.45) is 0 Å². The van der Waals surface area contributed by atoms with Gasteiger partial charge in [0.05, 0.1) is 11.9 Å². The van der Waals surface area contributed by atoms with Crippen molar-refractivity contribution in [3.63, 3.8) is 0 Å². The van der Waals surface area contributed by atoms with E-state index in [1.54, 1.807) is 6.07 Å². The smallest absolute Gasteiger partial charge is 0.354 e. The number of pyridine rings is 1. The molecule has 0 saturated carbocycles. The van der Waals surface area contributed by atoms with E-state index in [1.807, 2.05) is 25.1 Å². The van der Waals surface area contributed by atoms with Crippen LogP contribution in [0.15, 0.2) is 42.6 Å². The van der Waals surface area contributed by atoms with Gasteiger partial charge in [0.1, 0.15) is 11.4 Å². The lowest BCUT2D eigenvalue weighted by molar-refractivity contribution is -0.118. The number of anilines is 1. The molecule has 0 atom stereocenters. The van der Waals surface area contributed by atoms with Crippen LogP contribution in [0.1, 0.15) is 16.1 Å². The highest BCUT2D eigenvalue weighted by molar-refractivity contribution is 5.92. The second kappa shape index (κ2) is 6.51. The van der Waals surface area contributed by atoms with Gasteiger partial charge in [-0.2, -0.15) is 0 Å². The average molecular weight is 286 g/mol. The summed E-state index contributed by atoms with van der Waals surface area (Å²) in [5, 5.41) is 11.3. The fourth-order valence-electron chi connectivity index (χ4n) is 1.65. The highest BCUT2D eigenvalue weighted by Crippen LogP contribution is 2.16. The van der Waals surface area contributed by atoms with E-state index in [9.17, 15) is 9.59 Å². The largest absolute Gasteiger partial charge is 0.483 e. The molecule has 2 N–H and O–H groups in total. The van der Waals surface area contributed by atoms with Crippen molar-refractivity contribution in [3.05, 3.63) is 53.9 Å². The summed E-state index contributed by atoms with van der Waals surface area (Å²) in [7, 11) is 0. The van der Waals surface area contributed by atoms with Gasteiger partial charge >= 0.3 is 5.97 Å². The standard InChI is InChI=1S/C15H14N2O4/c1-10-4-2-3-5-13(10)21-9-14(18)17-11-6-7-12(15(19)20)16-8-11/h2-8H,9H2,1H3,(H,17,18)(H,19,20). The quantitative estimate of drug-likeness (QED) is 0.878. The van der Waals surface area contributed by atoms with Gasteiger partial charge in [-0.05, 0) is 30.7 Å². The van der Waals surface area contributed by atoms with E-state index in [2.05, 4.69) is 10.3 Å². The Kier molecular flexibility index (Phi) is 4.50. The number of carboxylic acid groups (broad SMARTS) is 1. The maximum absolute atomic E-state index is 11.7. The molecular weight excluding hydrogens is 272 g/mol. The van der Waals surface area contributed by atoms with Gasteiger partial charge in [0.2, 0.25) is 0 Å². The molecule has 6 nitrogen and oxygen atoms in total. The molecule has 0 saturated heterocycles. The molecule has 1 aromatic heterocycles. The third-order valence-corrected chi connectivity index (χ3v) is 2.72. The second-order valence-electron chi connectivity index (χ2n) is 4.34. The minimum atomic E-state index is -1.12. The number of amides is 1. The lowest BCUT2D eigenvalue weighted by Gasteiger charge is -2.09. The zero-order chi connectivity index (χ0) is 15.2. The summed E-state index contributed by atoms with van der Waals surface area (Å²) >= 11 is 0. The molecule has 1 heterocycles. The summed E-state index contributed by atoms with van der Waals surface area (Å²) in [5.74, 6) is -0.814. The molecule has 1 amide bonds. The van der Waals surface area contributed by atoms with Crippen molar-refractivity contribution in [3.8, 4) is 5.75 Å². The highest BCUT2D eigenvalue weighted by atomic mass is 16.5. The van der Waals surface area contributed by atoms with E-state index < -0.39 is 5.97 Å². The zero-order valence-electron chi connectivity index (χ0n) is 11.4. The topological polar surface area (TPSA) is 88.5 Å². The highest BCUT2D eigenvalue weighted by Gasteiger charge is 2.07. The summed E-state index contributed by atoms with van der Waals surface area (Å²) in [4.78, 5) is 26.1. The first-order chi connectivity index (χ1) is 10.1. The molecule has 6 heteroatoms. The number of aromatic nitrogens is 1. The van der Waals surface area contributed by atoms with E-state index in [-0.39, 0.29) is 18.2 Å². The number of hydrogen-bond donors (Lipinski definition) is 2. The average Bonchev–Trinajstić information content (AvgIpc) is 2.47. The molecule has 0 fully saturated rings. The first-order valence-corrected chi connectivity index (χ1v) is 6.24. The van der Waals surface area contributed by atoms with Crippen molar-refractivity contribution >= 4 is 17.6 Å². The van der Waals surface area contributed by atoms with Crippen LogP contribution in [0.25, 0.3) is 0 Å². The number of nitrogens with zero attached hydrogens (tertiary/aromatic N) is 1. The number of rotatable bonds is 5. The van der Waals surface area contributed by atoms with Gasteiger partial charge < -0.3 is 15.2 Å². The third-order valence-electron chi connectivity index (χ3n) is 2.72. The van der Waals surface area contributed by atoms with Crippen LogP contribution in [0.5, 0.6) is 5.75 Å². The van der Waals surface area contributed by atoms with Gasteiger partial charge in [-0.1, -0.05) is 18.2 Å². The number of aryl methyl sites for hydroxylation is 1. The Morgan fingerprint density at radius 1 is 1.24 bits per heavy atom. The van der Waals surface area contributed by atoms with Gasteiger partial charge in [0.25, 0.3) is 5.91 Å². The minimum Gasteiger partial charge on any atom is -0.483 e. The summed E-state index contributed by atoms with van der Waals surface area (Å²) in [6, 6.07) is 10.2. The van der Waals surface area contributed by atoms with Gasteiger partial charge in [-0.25, -0.2) is 9.78 Å². The lowest BCUT2D eigenvalue weighted by atomic mass is 10.2. The summed E-state index contributed by atoms with van der Waals surface area (Å²) < 4.78 is 5.41. The number of carboxylic acids is 1. The molecular formula is C15H14N2O4. The molecule has 21 heavy (non-hydrogen) atoms. The van der Waals surface area contributed by atoms with Crippen LogP contribution in [0, 0.1) is 6.92 Å². The Hall–Kier alpha value is -2.89. The lowest BCUT2D eigenvalue weighted by Crippen LogP contribution is -2.20. The summed E-state index contributed by atoms with van der Waals surface area (Å²) in [6.45, 7) is 1.76. The van der Waals surface area contributed by atoms with Crippen LogP contribution < -0.4 is 10.1 Å². The molecule has 0 radical (unpaired) electrons. The minimum absolute atomic E-state index is 0.0795. The van der Waals surface area contributed by atoms with Gasteiger partial charge in [-0.3, -0.25) is 4.79 Å². The van der Waals surface area contributed by atoms with Crippen LogP contribution in [-0.2, 0) is 4.79 Å². The Balaban J connectivity index is 1.90. The van der Waals surface area contributed by atoms with Crippen LogP contribution in [-0.4, -0.2) is 28.6 Å². The van der Waals surface area contributed by atoms with Crippen molar-refractivity contribution in [1.82, 2.24) is 4.98 Å². The van der Waals surface area contributed by atoms with E-state index in [0.29, 0.717) is 11.4 Å². The first-order valence-electron chi connectivity index (χ1n) is 6.24. The molecule has 0 aliphatic heterocycles. The number of carbonyl (C=O) groups is 2. The van der Waals surface area contributed by atoms with Crippen molar-refractivity contribution < 1.29 is 19.4 Å². The number of nitrogens with one attached hydrogen (secondary N) is 1. The molecule has 0 aliphatic rings. The van der Waals surface area contributed by atoms with Gasteiger partial charge in [-0.15, -0.1) is 0 Å². The Labute approximate surface area is 121 Å². The van der Waals surface area contributed by atoms with E-state index >= 15 is 0 Å². The van der Waals surface area contributed by atoms with Crippen LogP contribution in [0.3, 0.4) is 0 Å². The Morgan fingerprint density at radius 3 is 2.62 bits per heavy atom. The van der Waals surface area contributed by atoms with Gasteiger partial charge in [0, 0.05) is 0 Å². The van der Waals surface area contributed by atoms with E-state index in [4.69, 9.17) is 9.84 Å². The maximum atomic E-state index is 11.7. The first kappa shape index (κ1) is 14.5. The normalized spacial score (nSPS) is 9.95. The molecule has 0 bridgehead atoms. The molecule has 1 aromatic carbocycles. The molecule has 0 aliphatic carbocycles. The SMILES string of the molecule is Cc1ccccc1OCC(=O)Nc1ccc(C(=O)O)nc1. The van der Waals surface area contributed by atoms with Crippen LogP contribution >= 0.6 is 0 Å². The van der Waals surface area contributed by atoms with Crippen molar-refractivity contribution in [2.45, 2.75) is 6.92 Å². The fraction of sp³-hybridized carbons (Fsp3) is 0.133. The van der Waals surface area contributed by atoms with Crippen molar-refractivity contribution in [2.75, 3.05) is 11.9 Å². The Morgan fingerprint density at radius 2 is 2.00 bits per heavy atom. The Bertz CT molecular complexity index is 653. The number of carbonyl (C=O) groups excluding carboxylic acids is 1. The number of ether oxygens (including phenoxy) is 1. The van der Waals surface area contributed by atoms with Crippen molar-refractivity contribution in [1.29, 1.82) is 0 Å². The number of aromatic carboxylic acids is 1. The monoisotopic (exact) mass is 286 g/mol. The van der Waals surface area contributed by atoms with Crippen LogP contribution in [0.2, 0.25) is 0 Å². The summed E-state index contributed by atoms with van der Waals surface area (Å²) in [6.07, 6.45) is 1.29. The number of hydrogen-bond acceptors (Lipinski definition) is 4. The number of para-hydroxylation sites is 1. The molecule has 0 spiro atoms.